The van der Waals surface area contributed by atoms with Gasteiger partial charge in [-0.1, -0.05) is 11.6 Å². The maximum absolute atomic E-state index is 13.5. The van der Waals surface area contributed by atoms with Crippen LogP contribution < -0.4 is 10.2 Å². The Morgan fingerprint density at radius 3 is 2.37 bits per heavy atom. The van der Waals surface area contributed by atoms with Gasteiger partial charge in [0.05, 0.1) is 12.1 Å². The minimum Gasteiger partial charge on any atom is -0.336 e. The molecule has 2 fully saturated rings. The second-order valence-corrected chi connectivity index (χ2v) is 9.70. The van der Waals surface area contributed by atoms with Crippen LogP contribution >= 0.6 is 23.8 Å². The summed E-state index contributed by atoms with van der Waals surface area (Å²) in [7, 11) is 2.12. The first-order valence-corrected chi connectivity index (χ1v) is 12.5. The molecule has 7 nitrogen and oxygen atoms in total. The van der Waals surface area contributed by atoms with Crippen molar-refractivity contribution in [2.45, 2.75) is 18.9 Å². The highest BCUT2D eigenvalue weighted by molar-refractivity contribution is 7.80. The molecule has 2 heterocycles. The van der Waals surface area contributed by atoms with Crippen molar-refractivity contribution in [3.63, 3.8) is 0 Å². The molecule has 1 N–H and O–H groups in total. The van der Waals surface area contributed by atoms with E-state index in [0.717, 1.165) is 39.1 Å². The van der Waals surface area contributed by atoms with Gasteiger partial charge in [-0.3, -0.25) is 14.5 Å². The highest BCUT2D eigenvalue weighted by atomic mass is 35.5. The van der Waals surface area contributed by atoms with Crippen LogP contribution in [-0.2, 0) is 9.59 Å². The molecule has 2 aromatic rings. The van der Waals surface area contributed by atoms with E-state index < -0.39 is 6.04 Å². The number of benzene rings is 2. The number of carbonyl (C=O) groups excluding carboxylic acids is 2. The van der Waals surface area contributed by atoms with Crippen LogP contribution in [0.1, 0.15) is 12.8 Å². The fourth-order valence-electron chi connectivity index (χ4n) is 4.37. The lowest BCUT2D eigenvalue weighted by Gasteiger charge is -2.33. The molecule has 0 spiro atoms. The number of rotatable bonds is 8. The third-order valence-electron chi connectivity index (χ3n) is 6.38. The molecule has 10 heteroatoms. The van der Waals surface area contributed by atoms with E-state index in [1.165, 1.54) is 29.2 Å². The maximum atomic E-state index is 13.5. The van der Waals surface area contributed by atoms with Gasteiger partial charge in [0.25, 0.3) is 5.91 Å². The summed E-state index contributed by atoms with van der Waals surface area (Å²) in [6.45, 7) is 5.57. The zero-order chi connectivity index (χ0) is 24.9. The third kappa shape index (κ3) is 6.35. The number of hydrogen-bond acceptors (Lipinski definition) is 5. The lowest BCUT2D eigenvalue weighted by Crippen LogP contribution is -2.45. The molecule has 4 rings (SSSR count). The number of nitrogens with one attached hydrogen (secondary N) is 1. The fraction of sp³-hybridized carbons (Fsp3) is 0.400. The number of nitrogens with zero attached hydrogens (tertiary/aromatic N) is 4. The topological polar surface area (TPSA) is 59.1 Å². The van der Waals surface area contributed by atoms with Gasteiger partial charge >= 0.3 is 0 Å². The summed E-state index contributed by atoms with van der Waals surface area (Å²) < 4.78 is 13.2. The summed E-state index contributed by atoms with van der Waals surface area (Å²) in [4.78, 5) is 34.3. The Morgan fingerprint density at radius 1 is 1.06 bits per heavy atom. The van der Waals surface area contributed by atoms with Gasteiger partial charge in [0.1, 0.15) is 11.9 Å². The molecule has 2 aromatic carbocycles. The van der Waals surface area contributed by atoms with Crippen molar-refractivity contribution in [3.05, 3.63) is 59.4 Å². The number of anilines is 2. The molecule has 0 radical (unpaired) electrons. The molecular formula is C25H29ClFN5O2S. The van der Waals surface area contributed by atoms with Gasteiger partial charge in [-0.2, -0.15) is 0 Å². The smallest absolute Gasteiger partial charge is 0.256 e. The van der Waals surface area contributed by atoms with Crippen LogP contribution in [-0.4, -0.2) is 84.0 Å². The van der Waals surface area contributed by atoms with Crippen LogP contribution in [0.3, 0.4) is 0 Å². The minimum absolute atomic E-state index is 0.0606. The van der Waals surface area contributed by atoms with E-state index in [2.05, 4.69) is 22.2 Å². The molecule has 0 saturated carbocycles. The van der Waals surface area contributed by atoms with Gasteiger partial charge in [-0.15, -0.1) is 0 Å². The van der Waals surface area contributed by atoms with E-state index >= 15 is 0 Å². The van der Waals surface area contributed by atoms with Crippen molar-refractivity contribution in [1.29, 1.82) is 0 Å². The first-order chi connectivity index (χ1) is 16.8. The number of carbonyl (C=O) groups is 2. The number of amides is 2. The summed E-state index contributed by atoms with van der Waals surface area (Å²) in [5.74, 6) is -0.963. The first kappa shape index (κ1) is 25.5. The number of piperazine rings is 1. The molecule has 35 heavy (non-hydrogen) atoms. The molecule has 0 aliphatic carbocycles. The Hall–Kier alpha value is -2.59. The van der Waals surface area contributed by atoms with Crippen molar-refractivity contribution in [3.8, 4) is 0 Å². The van der Waals surface area contributed by atoms with E-state index in [1.807, 2.05) is 4.90 Å². The van der Waals surface area contributed by atoms with Crippen LogP contribution in [0.5, 0.6) is 0 Å². The van der Waals surface area contributed by atoms with Crippen LogP contribution in [0.4, 0.5) is 15.8 Å². The zero-order valence-electron chi connectivity index (χ0n) is 19.6. The van der Waals surface area contributed by atoms with Crippen LogP contribution in [0.2, 0.25) is 5.02 Å². The Morgan fingerprint density at radius 2 is 1.71 bits per heavy atom. The minimum atomic E-state index is -0.717. The number of halogens is 2. The van der Waals surface area contributed by atoms with Gasteiger partial charge in [0.15, 0.2) is 5.11 Å². The number of likely N-dealkylation sites (N-methyl/N-ethyl adjacent to an activating group) is 1. The Labute approximate surface area is 215 Å². The molecule has 2 aliphatic heterocycles. The Balaban J connectivity index is 1.46. The van der Waals surface area contributed by atoms with E-state index in [-0.39, 0.29) is 24.1 Å². The van der Waals surface area contributed by atoms with Crippen molar-refractivity contribution < 1.29 is 14.0 Å². The van der Waals surface area contributed by atoms with Crippen LogP contribution in [0.15, 0.2) is 48.5 Å². The monoisotopic (exact) mass is 517 g/mol. The average Bonchev–Trinajstić information content (AvgIpc) is 3.06. The Bertz CT molecular complexity index is 1060. The predicted octanol–water partition coefficient (Wildman–Crippen LogP) is 3.45. The van der Waals surface area contributed by atoms with Gasteiger partial charge < -0.3 is 20.0 Å². The molecule has 2 amide bonds. The first-order valence-electron chi connectivity index (χ1n) is 11.7. The SMILES string of the molecule is CN1CCN(CCCN2C(=S)N(c3ccc(Cl)cc3)C(=O)[C@H]2CC(=O)Nc2ccc(F)cc2)CC1. The summed E-state index contributed by atoms with van der Waals surface area (Å²) in [5, 5.41) is 3.69. The summed E-state index contributed by atoms with van der Waals surface area (Å²) in [6.07, 6.45) is 0.761. The molecule has 0 unspecified atom stereocenters. The maximum Gasteiger partial charge on any atom is 0.256 e. The molecule has 2 aliphatic rings. The molecular weight excluding hydrogens is 489 g/mol. The molecule has 186 valence electrons. The van der Waals surface area contributed by atoms with Gasteiger partial charge in [-0.25, -0.2) is 4.39 Å². The van der Waals surface area contributed by atoms with E-state index in [1.54, 1.807) is 24.3 Å². The van der Waals surface area contributed by atoms with E-state index in [9.17, 15) is 14.0 Å². The average molecular weight is 518 g/mol. The highest BCUT2D eigenvalue weighted by Crippen LogP contribution is 2.28. The van der Waals surface area contributed by atoms with Crippen molar-refractivity contribution in [1.82, 2.24) is 14.7 Å². The van der Waals surface area contributed by atoms with Crippen molar-refractivity contribution in [2.24, 2.45) is 0 Å². The second kappa shape index (κ2) is 11.4. The Kier molecular flexibility index (Phi) is 8.33. The fourth-order valence-corrected chi connectivity index (χ4v) is 4.91. The quantitative estimate of drug-likeness (QED) is 0.541. The lowest BCUT2D eigenvalue weighted by molar-refractivity contribution is -0.124. The molecule has 0 bridgehead atoms. The van der Waals surface area contributed by atoms with Gasteiger partial charge in [0.2, 0.25) is 5.91 Å². The standard InChI is InChI=1S/C25H29ClFN5O2S/c1-29-13-15-30(16-14-29)11-2-12-31-22(17-23(33)28-20-7-5-19(27)6-8-20)24(34)32(25(31)35)21-9-3-18(26)4-10-21/h3-10,22H,2,11-17H2,1H3,(H,28,33)/t22-/m1/s1. The molecule has 1 atom stereocenters. The predicted molar refractivity (Wildman–Crippen MR) is 140 cm³/mol. The summed E-state index contributed by atoms with van der Waals surface area (Å²) >= 11 is 11.7. The molecule has 0 aromatic heterocycles. The van der Waals surface area contributed by atoms with Crippen LogP contribution in [0.25, 0.3) is 0 Å². The number of thiocarbonyl (C=S) groups is 1. The van der Waals surface area contributed by atoms with E-state index in [0.29, 0.717) is 28.1 Å². The molecule has 2 saturated heterocycles. The highest BCUT2D eigenvalue weighted by Gasteiger charge is 2.43. The zero-order valence-corrected chi connectivity index (χ0v) is 21.2. The normalized spacial score (nSPS) is 19.5. The van der Waals surface area contributed by atoms with Gasteiger partial charge in [-0.05, 0) is 80.8 Å². The van der Waals surface area contributed by atoms with Crippen LogP contribution in [0, 0.1) is 5.82 Å². The second-order valence-electron chi connectivity index (χ2n) is 8.90. The largest absolute Gasteiger partial charge is 0.336 e. The van der Waals surface area contributed by atoms with Crippen molar-refractivity contribution in [2.75, 3.05) is 56.5 Å². The summed E-state index contributed by atoms with van der Waals surface area (Å²) in [6, 6.07) is 11.7. The number of hydrogen-bond donors (Lipinski definition) is 1. The third-order valence-corrected chi connectivity index (χ3v) is 7.05. The van der Waals surface area contributed by atoms with Crippen molar-refractivity contribution >= 4 is 52.1 Å². The summed E-state index contributed by atoms with van der Waals surface area (Å²) in [5.41, 5.74) is 1.09. The lowest BCUT2D eigenvalue weighted by atomic mass is 10.1. The van der Waals surface area contributed by atoms with E-state index in [4.69, 9.17) is 23.8 Å². The van der Waals surface area contributed by atoms with Gasteiger partial charge in [0, 0.05) is 43.4 Å².